The zero-order valence-corrected chi connectivity index (χ0v) is 9.22. The van der Waals surface area contributed by atoms with Crippen molar-refractivity contribution in [2.24, 2.45) is 0 Å². The van der Waals surface area contributed by atoms with E-state index in [0.717, 1.165) is 6.92 Å². The lowest BCUT2D eigenvalue weighted by molar-refractivity contribution is 0.187. The number of hydrogen-bond acceptors (Lipinski definition) is 4. The topological polar surface area (TPSA) is 109 Å². The Morgan fingerprint density at radius 2 is 1.67 bits per heavy atom. The second-order valence-electron chi connectivity index (χ2n) is 2.84. The Bertz CT molecular complexity index is 415. The summed E-state index contributed by atoms with van der Waals surface area (Å²) < 4.78 is 83.9. The second-order valence-corrected chi connectivity index (χ2v) is 6.06. The highest BCUT2D eigenvalue weighted by atomic mass is 32.2. The number of hydrogen-bond donors (Lipinski definition) is 2. The number of alkyl halides is 2. The average molecular weight is 268 g/mol. The zero-order valence-electron chi connectivity index (χ0n) is 7.59. The van der Waals surface area contributed by atoms with Crippen molar-refractivity contribution < 1.29 is 34.7 Å². The van der Waals surface area contributed by atoms with Gasteiger partial charge in [-0.05, 0) is 6.42 Å². The highest BCUT2D eigenvalue weighted by Crippen LogP contribution is 2.30. The molecule has 0 aliphatic heterocycles. The highest BCUT2D eigenvalue weighted by molar-refractivity contribution is 7.87. The van der Waals surface area contributed by atoms with Crippen molar-refractivity contribution >= 4 is 20.2 Å². The van der Waals surface area contributed by atoms with Crippen LogP contribution < -0.4 is 0 Å². The van der Waals surface area contributed by atoms with Gasteiger partial charge in [0, 0.05) is 6.42 Å². The van der Waals surface area contributed by atoms with E-state index < -0.39 is 43.6 Å². The number of rotatable bonds is 5. The van der Waals surface area contributed by atoms with E-state index in [1.807, 2.05) is 0 Å². The molecule has 10 heteroatoms. The van der Waals surface area contributed by atoms with Gasteiger partial charge in [0.25, 0.3) is 10.1 Å². The first-order chi connectivity index (χ1) is 6.44. The molecule has 0 aromatic rings. The quantitative estimate of drug-likeness (QED) is 0.704. The van der Waals surface area contributed by atoms with E-state index in [2.05, 4.69) is 0 Å². The molecule has 0 heterocycles. The second kappa shape index (κ2) is 4.28. The monoisotopic (exact) mass is 268 g/mol. The van der Waals surface area contributed by atoms with Crippen molar-refractivity contribution in [1.29, 1.82) is 0 Å². The third-order valence-electron chi connectivity index (χ3n) is 1.78. The molecule has 15 heavy (non-hydrogen) atoms. The van der Waals surface area contributed by atoms with E-state index in [0.29, 0.717) is 0 Å². The van der Waals surface area contributed by atoms with E-state index >= 15 is 0 Å². The summed E-state index contributed by atoms with van der Waals surface area (Å²) in [5, 5.41) is -3.43. The van der Waals surface area contributed by atoms with Gasteiger partial charge in [-0.2, -0.15) is 16.8 Å². The minimum absolute atomic E-state index is 0.845. The summed E-state index contributed by atoms with van der Waals surface area (Å²) >= 11 is 0. The van der Waals surface area contributed by atoms with Crippen molar-refractivity contribution in [1.82, 2.24) is 0 Å². The van der Waals surface area contributed by atoms with Crippen LogP contribution in [0.5, 0.6) is 0 Å². The number of halogens is 2. The Labute approximate surface area is 85.8 Å². The molecule has 0 fully saturated rings. The van der Waals surface area contributed by atoms with Gasteiger partial charge in [-0.25, -0.2) is 8.78 Å². The molecule has 0 bridgehead atoms. The molecule has 2 unspecified atom stereocenters. The van der Waals surface area contributed by atoms with Crippen LogP contribution in [0.15, 0.2) is 0 Å². The lowest BCUT2D eigenvalue weighted by Gasteiger charge is -2.20. The fourth-order valence-corrected chi connectivity index (χ4v) is 2.08. The van der Waals surface area contributed by atoms with Crippen LogP contribution in [0.4, 0.5) is 8.78 Å². The standard InChI is InChI=1S/C5H10F2O6S2/c1-2-5(7,15(11,12)13)3-4(6)14(8,9)10/h4H,2-3H2,1H3,(H,8,9,10)(H,11,12,13). The molecule has 0 saturated heterocycles. The predicted molar refractivity (Wildman–Crippen MR) is 46.7 cm³/mol. The summed E-state index contributed by atoms with van der Waals surface area (Å²) in [4.78, 5) is 0. The van der Waals surface area contributed by atoms with Crippen LogP contribution in [0.1, 0.15) is 19.8 Å². The van der Waals surface area contributed by atoms with Crippen molar-refractivity contribution in [3.8, 4) is 0 Å². The summed E-state index contributed by atoms with van der Waals surface area (Å²) in [6, 6.07) is 0. The molecule has 0 aliphatic carbocycles. The van der Waals surface area contributed by atoms with Crippen LogP contribution in [-0.2, 0) is 20.2 Å². The van der Waals surface area contributed by atoms with Crippen LogP contribution in [0.2, 0.25) is 0 Å². The normalized spacial score (nSPS) is 19.5. The molecule has 0 radical (unpaired) electrons. The molecule has 2 atom stereocenters. The summed E-state index contributed by atoms with van der Waals surface area (Å²) in [7, 11) is -10.4. The molecule has 0 aromatic carbocycles. The molecule has 0 amide bonds. The molecule has 0 rings (SSSR count). The van der Waals surface area contributed by atoms with Crippen molar-refractivity contribution in [3.05, 3.63) is 0 Å². The minimum atomic E-state index is -5.25. The first kappa shape index (κ1) is 14.7. The van der Waals surface area contributed by atoms with Crippen LogP contribution in [0.25, 0.3) is 0 Å². The Balaban J connectivity index is 5.08. The molecule has 92 valence electrons. The fraction of sp³-hybridized carbons (Fsp3) is 1.00. The summed E-state index contributed by atoms with van der Waals surface area (Å²) in [5.74, 6) is 0. The molecule has 0 saturated carbocycles. The Morgan fingerprint density at radius 3 is 1.87 bits per heavy atom. The van der Waals surface area contributed by atoms with E-state index in [1.54, 1.807) is 0 Å². The first-order valence-corrected chi connectivity index (χ1v) is 6.64. The minimum Gasteiger partial charge on any atom is -0.283 e. The largest absolute Gasteiger partial charge is 0.300 e. The maximum Gasteiger partial charge on any atom is 0.300 e. The molecular formula is C5H10F2O6S2. The van der Waals surface area contributed by atoms with E-state index in [4.69, 9.17) is 9.11 Å². The summed E-state index contributed by atoms with van der Waals surface area (Å²) in [6.07, 6.45) is -2.52. The van der Waals surface area contributed by atoms with Crippen molar-refractivity contribution in [2.75, 3.05) is 0 Å². The summed E-state index contributed by atoms with van der Waals surface area (Å²) in [6.45, 7) is 0.977. The van der Waals surface area contributed by atoms with Crippen LogP contribution in [-0.4, -0.2) is 36.4 Å². The molecule has 0 aliphatic rings. The van der Waals surface area contributed by atoms with Crippen molar-refractivity contribution in [3.63, 3.8) is 0 Å². The Hall–Kier alpha value is -0.320. The van der Waals surface area contributed by atoms with Gasteiger partial charge in [-0.1, -0.05) is 6.92 Å². The van der Waals surface area contributed by atoms with Crippen molar-refractivity contribution in [2.45, 2.75) is 30.3 Å². The lowest BCUT2D eigenvalue weighted by Crippen LogP contribution is -2.37. The molecule has 0 aromatic heterocycles. The molecular weight excluding hydrogens is 258 g/mol. The molecule has 6 nitrogen and oxygen atoms in total. The highest BCUT2D eigenvalue weighted by Gasteiger charge is 2.46. The SMILES string of the molecule is CCC(F)(CC(F)S(=O)(=O)O)S(=O)(=O)O. The van der Waals surface area contributed by atoms with E-state index in [-0.39, 0.29) is 0 Å². The van der Waals surface area contributed by atoms with Gasteiger partial charge in [-0.3, -0.25) is 9.11 Å². The fourth-order valence-electron chi connectivity index (χ4n) is 0.777. The third kappa shape index (κ3) is 3.63. The smallest absolute Gasteiger partial charge is 0.283 e. The maximum absolute atomic E-state index is 13.4. The van der Waals surface area contributed by atoms with Gasteiger partial charge < -0.3 is 0 Å². The van der Waals surface area contributed by atoms with Crippen LogP contribution >= 0.6 is 0 Å². The first-order valence-electron chi connectivity index (χ1n) is 3.70. The molecule has 0 spiro atoms. The average Bonchev–Trinajstić information content (AvgIpc) is 2.00. The van der Waals surface area contributed by atoms with Gasteiger partial charge in [0.1, 0.15) is 0 Å². The van der Waals surface area contributed by atoms with Gasteiger partial charge >= 0.3 is 10.1 Å². The Kier molecular flexibility index (Phi) is 4.18. The summed E-state index contributed by atoms with van der Waals surface area (Å²) in [5.41, 5.74) is -3.11. The van der Waals surface area contributed by atoms with E-state index in [1.165, 1.54) is 0 Å². The van der Waals surface area contributed by atoms with E-state index in [9.17, 15) is 25.6 Å². The van der Waals surface area contributed by atoms with Gasteiger partial charge in [-0.15, -0.1) is 0 Å². The maximum atomic E-state index is 13.4. The van der Waals surface area contributed by atoms with Gasteiger partial charge in [0.15, 0.2) is 0 Å². The molecule has 2 N–H and O–H groups in total. The van der Waals surface area contributed by atoms with Crippen LogP contribution in [0.3, 0.4) is 0 Å². The Morgan fingerprint density at radius 1 is 1.27 bits per heavy atom. The lowest BCUT2D eigenvalue weighted by atomic mass is 10.2. The predicted octanol–water partition coefficient (Wildman–Crippen LogP) is 0.524. The van der Waals surface area contributed by atoms with Gasteiger partial charge in [0.05, 0.1) is 0 Å². The van der Waals surface area contributed by atoms with Gasteiger partial charge in [0.2, 0.25) is 10.5 Å². The third-order valence-corrected chi connectivity index (χ3v) is 3.97. The zero-order chi connectivity index (χ0) is 12.5. The van der Waals surface area contributed by atoms with Crippen LogP contribution in [0, 0.1) is 0 Å².